The average molecular weight is 250 g/mol. The minimum absolute atomic E-state index is 0.134. The molecule has 0 saturated heterocycles. The van der Waals surface area contributed by atoms with Gasteiger partial charge < -0.3 is 11.1 Å². The van der Waals surface area contributed by atoms with Crippen molar-refractivity contribution in [3.05, 3.63) is 0 Å². The number of carbonyl (C=O) groups is 1. The Balaban J connectivity index is 1.55. The van der Waals surface area contributed by atoms with Crippen molar-refractivity contribution in [2.75, 3.05) is 0 Å². The molecule has 4 bridgehead atoms. The highest BCUT2D eigenvalue weighted by molar-refractivity contribution is 5.76. The van der Waals surface area contributed by atoms with E-state index in [9.17, 15) is 4.79 Å². The molecule has 4 aliphatic rings. The third-order valence-corrected chi connectivity index (χ3v) is 5.38. The minimum atomic E-state index is 0.134. The van der Waals surface area contributed by atoms with Crippen LogP contribution in [0.1, 0.15) is 51.9 Å². The first-order valence-electron chi connectivity index (χ1n) is 7.66. The quantitative estimate of drug-likeness (QED) is 0.802. The molecule has 4 fully saturated rings. The van der Waals surface area contributed by atoms with Gasteiger partial charge in [0, 0.05) is 18.5 Å². The average Bonchev–Trinajstić information content (AvgIpc) is 2.30. The molecule has 4 aliphatic carbocycles. The fourth-order valence-corrected chi connectivity index (χ4v) is 4.78. The normalized spacial score (nSPS) is 42.9. The number of nitrogens with two attached hydrogens (primary N) is 1. The number of nitrogens with one attached hydrogen (secondary N) is 1. The van der Waals surface area contributed by atoms with Gasteiger partial charge in [0.2, 0.25) is 5.91 Å². The molecule has 18 heavy (non-hydrogen) atoms. The van der Waals surface area contributed by atoms with E-state index in [1.807, 2.05) is 6.92 Å². The highest BCUT2D eigenvalue weighted by Gasteiger charge is 2.48. The van der Waals surface area contributed by atoms with Crippen LogP contribution in [0.3, 0.4) is 0 Å². The zero-order valence-electron chi connectivity index (χ0n) is 11.4. The molecule has 1 unspecified atom stereocenters. The van der Waals surface area contributed by atoms with Crippen molar-refractivity contribution in [3.8, 4) is 0 Å². The predicted octanol–water partition coefficient (Wildman–Crippen LogP) is 2.05. The van der Waals surface area contributed by atoms with Gasteiger partial charge in [-0.15, -0.1) is 0 Å². The zero-order chi connectivity index (χ0) is 12.7. The van der Waals surface area contributed by atoms with Crippen LogP contribution in [-0.2, 0) is 4.79 Å². The Bertz CT molecular complexity index is 298. The van der Waals surface area contributed by atoms with E-state index in [4.69, 9.17) is 5.73 Å². The molecule has 1 amide bonds. The summed E-state index contributed by atoms with van der Waals surface area (Å²) in [5.74, 6) is 3.74. The van der Waals surface area contributed by atoms with Crippen LogP contribution < -0.4 is 11.1 Å². The first-order valence-corrected chi connectivity index (χ1v) is 7.66. The monoisotopic (exact) mass is 250 g/mol. The zero-order valence-corrected chi connectivity index (χ0v) is 11.4. The van der Waals surface area contributed by atoms with Gasteiger partial charge in [-0.25, -0.2) is 0 Å². The summed E-state index contributed by atoms with van der Waals surface area (Å²) in [6.07, 6.45) is 8.34. The van der Waals surface area contributed by atoms with Crippen LogP contribution in [0.15, 0.2) is 0 Å². The van der Waals surface area contributed by atoms with Crippen molar-refractivity contribution >= 4 is 5.91 Å². The second-order valence-electron chi connectivity index (χ2n) is 7.04. The van der Waals surface area contributed by atoms with Crippen molar-refractivity contribution in [1.82, 2.24) is 5.32 Å². The van der Waals surface area contributed by atoms with E-state index in [0.717, 1.165) is 30.1 Å². The molecule has 0 heterocycles. The van der Waals surface area contributed by atoms with E-state index in [0.29, 0.717) is 12.5 Å². The summed E-state index contributed by atoms with van der Waals surface area (Å²) >= 11 is 0. The third kappa shape index (κ3) is 2.42. The van der Waals surface area contributed by atoms with Gasteiger partial charge in [0.15, 0.2) is 0 Å². The Hall–Kier alpha value is -0.570. The van der Waals surface area contributed by atoms with E-state index < -0.39 is 0 Å². The molecule has 4 rings (SSSR count). The van der Waals surface area contributed by atoms with Crippen LogP contribution in [0.2, 0.25) is 0 Å². The van der Waals surface area contributed by atoms with Gasteiger partial charge in [0.1, 0.15) is 0 Å². The topological polar surface area (TPSA) is 55.1 Å². The van der Waals surface area contributed by atoms with Gasteiger partial charge >= 0.3 is 0 Å². The lowest BCUT2D eigenvalue weighted by Gasteiger charge is -2.54. The van der Waals surface area contributed by atoms with Gasteiger partial charge in [-0.05, 0) is 69.1 Å². The fraction of sp³-hybridized carbons (Fsp3) is 0.933. The molecule has 0 aromatic carbocycles. The Kier molecular flexibility index (Phi) is 3.35. The molecule has 0 radical (unpaired) electrons. The maximum absolute atomic E-state index is 12.0. The van der Waals surface area contributed by atoms with Gasteiger partial charge in [-0.3, -0.25) is 4.79 Å². The highest BCUT2D eigenvalue weighted by Crippen LogP contribution is 2.53. The maximum atomic E-state index is 12.0. The largest absolute Gasteiger partial charge is 0.353 e. The molecule has 0 aromatic rings. The summed E-state index contributed by atoms with van der Waals surface area (Å²) in [5, 5.41) is 3.32. The van der Waals surface area contributed by atoms with Crippen molar-refractivity contribution in [2.24, 2.45) is 29.4 Å². The van der Waals surface area contributed by atoms with Crippen molar-refractivity contribution in [1.29, 1.82) is 0 Å². The van der Waals surface area contributed by atoms with E-state index in [1.54, 1.807) is 0 Å². The number of hydrogen-bond acceptors (Lipinski definition) is 2. The van der Waals surface area contributed by atoms with E-state index in [2.05, 4.69) is 5.32 Å². The Labute approximate surface area is 110 Å². The number of rotatable bonds is 4. The molecule has 0 aliphatic heterocycles. The van der Waals surface area contributed by atoms with Crippen LogP contribution in [0, 0.1) is 23.7 Å². The summed E-state index contributed by atoms with van der Waals surface area (Å²) < 4.78 is 0. The highest BCUT2D eigenvalue weighted by atomic mass is 16.1. The maximum Gasteiger partial charge on any atom is 0.220 e. The lowest BCUT2D eigenvalue weighted by Crippen LogP contribution is -2.55. The Morgan fingerprint density at radius 3 is 2.22 bits per heavy atom. The predicted molar refractivity (Wildman–Crippen MR) is 71.9 cm³/mol. The summed E-state index contributed by atoms with van der Waals surface area (Å²) in [5.41, 5.74) is 5.71. The lowest BCUT2D eigenvalue weighted by molar-refractivity contribution is -0.125. The summed E-state index contributed by atoms with van der Waals surface area (Å²) in [7, 11) is 0. The summed E-state index contributed by atoms with van der Waals surface area (Å²) in [6.45, 7) is 1.97. The van der Waals surface area contributed by atoms with Crippen LogP contribution in [0.4, 0.5) is 0 Å². The Morgan fingerprint density at radius 2 is 1.72 bits per heavy atom. The van der Waals surface area contributed by atoms with Crippen LogP contribution >= 0.6 is 0 Å². The smallest absolute Gasteiger partial charge is 0.220 e. The molecule has 0 aromatic heterocycles. The standard InChI is InChI=1S/C15H26N2O/c1-9(16)2-3-14(18)17-15-12-5-10-4-11(7-12)8-13(15)6-10/h9-13,15H,2-8,16H2,1H3,(H,17,18). The minimum Gasteiger partial charge on any atom is -0.353 e. The molecule has 102 valence electrons. The van der Waals surface area contributed by atoms with E-state index >= 15 is 0 Å². The van der Waals surface area contributed by atoms with Gasteiger partial charge in [0.25, 0.3) is 0 Å². The Morgan fingerprint density at radius 1 is 1.17 bits per heavy atom. The van der Waals surface area contributed by atoms with E-state index in [-0.39, 0.29) is 11.9 Å². The molecule has 0 spiro atoms. The molecule has 4 saturated carbocycles. The molecule has 3 nitrogen and oxygen atoms in total. The molecule has 1 atom stereocenters. The first kappa shape index (κ1) is 12.5. The first-order chi connectivity index (χ1) is 8.61. The molecule has 3 N–H and O–H groups in total. The molecular formula is C15H26N2O. The SMILES string of the molecule is CC(N)CCC(=O)NC1C2CC3CC(C2)CC1C3. The fourth-order valence-electron chi connectivity index (χ4n) is 4.78. The van der Waals surface area contributed by atoms with Crippen molar-refractivity contribution in [2.45, 2.75) is 64.0 Å². The van der Waals surface area contributed by atoms with Gasteiger partial charge in [0.05, 0.1) is 0 Å². The van der Waals surface area contributed by atoms with Crippen LogP contribution in [-0.4, -0.2) is 18.0 Å². The van der Waals surface area contributed by atoms with Crippen molar-refractivity contribution in [3.63, 3.8) is 0 Å². The lowest BCUT2D eigenvalue weighted by atomic mass is 9.54. The molecular weight excluding hydrogens is 224 g/mol. The van der Waals surface area contributed by atoms with Crippen LogP contribution in [0.5, 0.6) is 0 Å². The third-order valence-electron chi connectivity index (χ3n) is 5.38. The van der Waals surface area contributed by atoms with Gasteiger partial charge in [-0.2, -0.15) is 0 Å². The van der Waals surface area contributed by atoms with Crippen molar-refractivity contribution < 1.29 is 4.79 Å². The number of carbonyl (C=O) groups excluding carboxylic acids is 1. The van der Waals surface area contributed by atoms with Gasteiger partial charge in [-0.1, -0.05) is 0 Å². The number of amides is 1. The summed E-state index contributed by atoms with van der Waals surface area (Å²) in [4.78, 5) is 12.0. The second kappa shape index (κ2) is 4.84. The second-order valence-corrected chi connectivity index (χ2v) is 7.04. The van der Waals surface area contributed by atoms with E-state index in [1.165, 1.54) is 32.1 Å². The van der Waals surface area contributed by atoms with Crippen LogP contribution in [0.25, 0.3) is 0 Å². The number of hydrogen-bond donors (Lipinski definition) is 2. The molecule has 3 heteroatoms. The summed E-state index contributed by atoms with van der Waals surface area (Å²) in [6, 6.07) is 0.618.